The number of carboxylic acid groups (broad SMARTS) is 1. The lowest BCUT2D eigenvalue weighted by atomic mass is 9.98. The van der Waals surface area contributed by atoms with E-state index in [4.69, 9.17) is 14.8 Å². The van der Waals surface area contributed by atoms with Crippen LogP contribution in [-0.4, -0.2) is 45.7 Å². The molecule has 0 aliphatic carbocycles. The van der Waals surface area contributed by atoms with E-state index in [0.717, 1.165) is 43.0 Å². The van der Waals surface area contributed by atoms with E-state index in [9.17, 15) is 4.79 Å². The molecule has 0 radical (unpaired) electrons. The van der Waals surface area contributed by atoms with Crippen LogP contribution in [0.4, 0.5) is 5.82 Å². The number of benzene rings is 1. The van der Waals surface area contributed by atoms with Gasteiger partial charge in [0.1, 0.15) is 5.82 Å². The van der Waals surface area contributed by atoms with E-state index in [2.05, 4.69) is 14.9 Å². The van der Waals surface area contributed by atoms with Crippen molar-refractivity contribution >= 4 is 11.8 Å². The van der Waals surface area contributed by atoms with E-state index in [1.165, 1.54) is 0 Å². The number of aromatic carboxylic acids is 1. The zero-order valence-corrected chi connectivity index (χ0v) is 15.9. The van der Waals surface area contributed by atoms with Crippen LogP contribution in [0.2, 0.25) is 0 Å². The Bertz CT molecular complexity index is 955. The molecule has 29 heavy (non-hydrogen) atoms. The molecule has 2 aromatic heterocycles. The van der Waals surface area contributed by atoms with Crippen molar-refractivity contribution in [1.29, 1.82) is 0 Å². The smallest absolute Gasteiger partial charge is 0.335 e. The Morgan fingerprint density at radius 2 is 1.76 bits per heavy atom. The van der Waals surface area contributed by atoms with Crippen molar-refractivity contribution in [3.63, 3.8) is 0 Å². The van der Waals surface area contributed by atoms with Crippen molar-refractivity contribution in [3.8, 4) is 17.3 Å². The van der Waals surface area contributed by atoms with Crippen molar-refractivity contribution in [3.05, 3.63) is 66.5 Å². The number of ether oxygens (including phenoxy) is 1. The monoisotopic (exact) mass is 390 g/mol. The van der Waals surface area contributed by atoms with Crippen LogP contribution in [0, 0.1) is 5.92 Å². The van der Waals surface area contributed by atoms with Gasteiger partial charge in [-0.05, 0) is 49.1 Å². The second-order valence-electron chi connectivity index (χ2n) is 7.04. The van der Waals surface area contributed by atoms with Crippen molar-refractivity contribution in [1.82, 2.24) is 15.0 Å². The molecule has 1 aliphatic rings. The SMILES string of the molecule is O=C(O)c1ccc(-c2cccc(N3CCC(COc4ncccn4)CC3)n2)cc1. The largest absolute Gasteiger partial charge is 0.478 e. The van der Waals surface area contributed by atoms with Crippen molar-refractivity contribution in [2.75, 3.05) is 24.6 Å². The van der Waals surface area contributed by atoms with Crippen molar-refractivity contribution in [2.24, 2.45) is 5.92 Å². The van der Waals surface area contributed by atoms with Gasteiger partial charge >= 0.3 is 12.0 Å². The average molecular weight is 390 g/mol. The summed E-state index contributed by atoms with van der Waals surface area (Å²) in [6.45, 7) is 2.46. The van der Waals surface area contributed by atoms with Crippen LogP contribution in [-0.2, 0) is 0 Å². The lowest BCUT2D eigenvalue weighted by molar-refractivity contribution is 0.0697. The lowest BCUT2D eigenvalue weighted by Crippen LogP contribution is -2.36. The fraction of sp³-hybridized carbons (Fsp3) is 0.273. The Kier molecular flexibility index (Phi) is 5.65. The summed E-state index contributed by atoms with van der Waals surface area (Å²) in [6, 6.07) is 15.0. The fourth-order valence-electron chi connectivity index (χ4n) is 3.42. The standard InChI is InChI=1S/C22H22N4O3/c27-21(28)18-7-5-17(6-8-18)19-3-1-4-20(25-19)26-13-9-16(10-14-26)15-29-22-23-11-2-12-24-22/h1-8,11-12,16H,9-10,13-15H2,(H,27,28). The van der Waals surface area contributed by atoms with E-state index >= 15 is 0 Å². The average Bonchev–Trinajstić information content (AvgIpc) is 2.79. The summed E-state index contributed by atoms with van der Waals surface area (Å²) >= 11 is 0. The van der Waals surface area contributed by atoms with Gasteiger partial charge in [-0.3, -0.25) is 0 Å². The number of hydrogen-bond acceptors (Lipinski definition) is 6. The van der Waals surface area contributed by atoms with E-state index in [1.807, 2.05) is 18.2 Å². The maximum absolute atomic E-state index is 11.0. The molecule has 1 fully saturated rings. The zero-order valence-electron chi connectivity index (χ0n) is 15.9. The van der Waals surface area contributed by atoms with E-state index in [1.54, 1.807) is 42.7 Å². The highest BCUT2D eigenvalue weighted by Gasteiger charge is 2.21. The number of carbonyl (C=O) groups is 1. The number of pyridine rings is 1. The third kappa shape index (κ3) is 4.68. The van der Waals surface area contributed by atoms with Gasteiger partial charge in [-0.2, -0.15) is 0 Å². The first-order valence-electron chi connectivity index (χ1n) is 9.64. The number of aromatic nitrogens is 3. The van der Waals surface area contributed by atoms with Gasteiger partial charge in [0.25, 0.3) is 0 Å². The number of piperidine rings is 1. The van der Waals surface area contributed by atoms with E-state index in [0.29, 0.717) is 18.5 Å². The Morgan fingerprint density at radius 3 is 2.45 bits per heavy atom. The second-order valence-corrected chi connectivity index (χ2v) is 7.04. The predicted octanol–water partition coefficient (Wildman–Crippen LogP) is 3.53. The first-order valence-corrected chi connectivity index (χ1v) is 9.64. The van der Waals surface area contributed by atoms with Crippen LogP contribution >= 0.6 is 0 Å². The molecule has 0 unspecified atom stereocenters. The van der Waals surface area contributed by atoms with E-state index in [-0.39, 0.29) is 5.56 Å². The fourth-order valence-corrected chi connectivity index (χ4v) is 3.42. The summed E-state index contributed by atoms with van der Waals surface area (Å²) in [5, 5.41) is 9.05. The maximum Gasteiger partial charge on any atom is 0.335 e. The number of carboxylic acids is 1. The number of anilines is 1. The van der Waals surface area contributed by atoms with Gasteiger partial charge in [0.05, 0.1) is 17.9 Å². The first-order chi connectivity index (χ1) is 14.2. The van der Waals surface area contributed by atoms with Gasteiger partial charge in [-0.1, -0.05) is 18.2 Å². The van der Waals surface area contributed by atoms with Gasteiger partial charge in [0, 0.05) is 31.0 Å². The minimum Gasteiger partial charge on any atom is -0.478 e. The number of nitrogens with zero attached hydrogens (tertiary/aromatic N) is 4. The Morgan fingerprint density at radius 1 is 1.03 bits per heavy atom. The van der Waals surface area contributed by atoms with Crippen LogP contribution in [0.25, 0.3) is 11.3 Å². The molecule has 0 spiro atoms. The Labute approximate surface area is 169 Å². The highest BCUT2D eigenvalue weighted by atomic mass is 16.5. The first kappa shape index (κ1) is 18.9. The molecule has 3 heterocycles. The van der Waals surface area contributed by atoms with Crippen LogP contribution in [0.1, 0.15) is 23.2 Å². The quantitative estimate of drug-likeness (QED) is 0.689. The highest BCUT2D eigenvalue weighted by molar-refractivity contribution is 5.88. The molecule has 3 aromatic rings. The van der Waals surface area contributed by atoms with Crippen molar-refractivity contribution < 1.29 is 14.6 Å². The van der Waals surface area contributed by atoms with E-state index < -0.39 is 5.97 Å². The third-order valence-corrected chi connectivity index (χ3v) is 5.09. The number of rotatable bonds is 6. The van der Waals surface area contributed by atoms with Gasteiger partial charge in [0.2, 0.25) is 0 Å². The molecule has 7 heteroatoms. The lowest BCUT2D eigenvalue weighted by Gasteiger charge is -2.32. The topological polar surface area (TPSA) is 88.4 Å². The Balaban J connectivity index is 1.36. The summed E-state index contributed by atoms with van der Waals surface area (Å²) in [5.74, 6) is 0.487. The summed E-state index contributed by atoms with van der Waals surface area (Å²) in [6.07, 6.45) is 5.40. The predicted molar refractivity (Wildman–Crippen MR) is 109 cm³/mol. The Hall–Kier alpha value is -3.48. The van der Waals surface area contributed by atoms with Crippen LogP contribution < -0.4 is 9.64 Å². The molecular formula is C22H22N4O3. The summed E-state index contributed by atoms with van der Waals surface area (Å²) in [4.78, 5) is 26.3. The van der Waals surface area contributed by atoms with Gasteiger partial charge < -0.3 is 14.7 Å². The minimum absolute atomic E-state index is 0.273. The van der Waals surface area contributed by atoms with Crippen LogP contribution in [0.15, 0.2) is 60.9 Å². The molecule has 1 N–H and O–H groups in total. The van der Waals surface area contributed by atoms with Crippen LogP contribution in [0.5, 0.6) is 6.01 Å². The second kappa shape index (κ2) is 8.68. The minimum atomic E-state index is -0.927. The van der Waals surface area contributed by atoms with Crippen LogP contribution in [0.3, 0.4) is 0 Å². The molecule has 1 aromatic carbocycles. The molecule has 4 rings (SSSR count). The third-order valence-electron chi connectivity index (χ3n) is 5.09. The summed E-state index contributed by atoms with van der Waals surface area (Å²) in [5.41, 5.74) is 2.02. The molecule has 0 atom stereocenters. The van der Waals surface area contributed by atoms with Gasteiger partial charge in [-0.15, -0.1) is 0 Å². The number of hydrogen-bond donors (Lipinski definition) is 1. The molecule has 1 saturated heterocycles. The zero-order chi connectivity index (χ0) is 20.1. The molecule has 148 valence electrons. The summed E-state index contributed by atoms with van der Waals surface area (Å²) in [7, 11) is 0. The molecule has 1 aliphatic heterocycles. The molecular weight excluding hydrogens is 368 g/mol. The molecule has 0 bridgehead atoms. The highest BCUT2D eigenvalue weighted by Crippen LogP contribution is 2.25. The maximum atomic E-state index is 11.0. The molecule has 0 amide bonds. The van der Waals surface area contributed by atoms with Gasteiger partial charge in [0.15, 0.2) is 0 Å². The molecule has 0 saturated carbocycles. The van der Waals surface area contributed by atoms with Crippen molar-refractivity contribution in [2.45, 2.75) is 12.8 Å². The van der Waals surface area contributed by atoms with Gasteiger partial charge in [-0.25, -0.2) is 19.7 Å². The normalized spacial score (nSPS) is 14.6. The molecule has 7 nitrogen and oxygen atoms in total. The summed E-state index contributed by atoms with van der Waals surface area (Å²) < 4.78 is 5.69.